The van der Waals surface area contributed by atoms with Crippen LogP contribution in [0.1, 0.15) is 70.7 Å². The van der Waals surface area contributed by atoms with Gasteiger partial charge in [-0.05, 0) is 59.6 Å². The predicted molar refractivity (Wildman–Crippen MR) is 163 cm³/mol. The number of phenols is 1. The number of phenolic OH excluding ortho intramolecular Hbond substituents is 1. The van der Waals surface area contributed by atoms with Crippen LogP contribution in [-0.4, -0.2) is 70.1 Å². The number of esters is 1. The fourth-order valence-corrected chi connectivity index (χ4v) is 4.32. The first-order valence-electron chi connectivity index (χ1n) is 14.2. The molecule has 2 aromatic rings. The summed E-state index contributed by atoms with van der Waals surface area (Å²) in [5.41, 5.74) is 4.84. The first-order chi connectivity index (χ1) is 20.3. The monoisotopic (exact) mass is 612 g/mol. The van der Waals surface area contributed by atoms with Crippen LogP contribution in [-0.2, 0) is 35.1 Å². The minimum Gasteiger partial charge on any atom is -0.507 e. The third kappa shape index (κ3) is 10.9. The number of aryl methyl sites for hydroxylation is 1. The van der Waals surface area contributed by atoms with E-state index >= 15 is 0 Å². The summed E-state index contributed by atoms with van der Waals surface area (Å²) in [6.07, 6.45) is -1.49. The molecule has 2 rings (SSSR count). The molecule has 0 radical (unpaired) electrons. The quantitative estimate of drug-likeness (QED) is 0.280. The van der Waals surface area contributed by atoms with E-state index in [2.05, 4.69) is 10.6 Å². The SMILES string of the molecule is Cc1cccc(C(C(=O)NC(Cc2ccccc2)C(=O)OC(C)(C)C)N(C)C(=O)C(CC(N)=O)NC(=O)OC(C)(C)C)c1O. The Labute approximate surface area is 258 Å². The van der Waals surface area contributed by atoms with Gasteiger partial charge in [-0.15, -0.1) is 0 Å². The molecular formula is C32H44N4O8. The van der Waals surface area contributed by atoms with E-state index in [4.69, 9.17) is 15.2 Å². The molecular weight excluding hydrogens is 568 g/mol. The number of carbonyl (C=O) groups is 5. The molecule has 4 amide bonds. The Morgan fingerprint density at radius 2 is 1.45 bits per heavy atom. The molecule has 5 N–H and O–H groups in total. The van der Waals surface area contributed by atoms with Gasteiger partial charge < -0.3 is 35.8 Å². The van der Waals surface area contributed by atoms with E-state index in [0.717, 1.165) is 10.5 Å². The van der Waals surface area contributed by atoms with Crippen LogP contribution in [0.4, 0.5) is 4.79 Å². The van der Waals surface area contributed by atoms with Crippen molar-refractivity contribution in [2.45, 2.75) is 90.6 Å². The highest BCUT2D eigenvalue weighted by Crippen LogP contribution is 2.32. The summed E-state index contributed by atoms with van der Waals surface area (Å²) in [6, 6.07) is 9.49. The first-order valence-corrected chi connectivity index (χ1v) is 14.2. The molecule has 3 unspecified atom stereocenters. The molecule has 0 saturated heterocycles. The van der Waals surface area contributed by atoms with Crippen LogP contribution >= 0.6 is 0 Å². The fraction of sp³-hybridized carbons (Fsp3) is 0.469. The van der Waals surface area contributed by atoms with Crippen molar-refractivity contribution in [2.75, 3.05) is 7.05 Å². The van der Waals surface area contributed by atoms with Gasteiger partial charge in [0.2, 0.25) is 17.7 Å². The Morgan fingerprint density at radius 1 is 0.864 bits per heavy atom. The number of rotatable bonds is 11. The van der Waals surface area contributed by atoms with Crippen LogP contribution in [0.15, 0.2) is 48.5 Å². The number of ether oxygens (including phenoxy) is 2. The van der Waals surface area contributed by atoms with Gasteiger partial charge in [-0.3, -0.25) is 14.4 Å². The van der Waals surface area contributed by atoms with Gasteiger partial charge >= 0.3 is 12.1 Å². The molecule has 0 spiro atoms. The van der Waals surface area contributed by atoms with Crippen LogP contribution in [0.5, 0.6) is 5.75 Å². The summed E-state index contributed by atoms with van der Waals surface area (Å²) in [4.78, 5) is 66.5. The van der Waals surface area contributed by atoms with Crippen LogP contribution in [0, 0.1) is 6.92 Å². The van der Waals surface area contributed by atoms with Crippen molar-refractivity contribution in [3.63, 3.8) is 0 Å². The van der Waals surface area contributed by atoms with Gasteiger partial charge in [0.15, 0.2) is 0 Å². The zero-order valence-corrected chi connectivity index (χ0v) is 26.6. The van der Waals surface area contributed by atoms with Gasteiger partial charge in [-0.1, -0.05) is 48.5 Å². The van der Waals surface area contributed by atoms with Crippen LogP contribution in [0.3, 0.4) is 0 Å². The van der Waals surface area contributed by atoms with E-state index < -0.39 is 65.5 Å². The van der Waals surface area contributed by atoms with Gasteiger partial charge in [0.1, 0.15) is 35.1 Å². The summed E-state index contributed by atoms with van der Waals surface area (Å²) in [5.74, 6) is -3.53. The first kappa shape index (κ1) is 35.6. The second kappa shape index (κ2) is 14.7. The molecule has 12 heteroatoms. The number of nitrogens with zero attached hydrogens (tertiary/aromatic N) is 1. The maximum absolute atomic E-state index is 14.1. The lowest BCUT2D eigenvalue weighted by Gasteiger charge is -2.33. The maximum Gasteiger partial charge on any atom is 0.408 e. The maximum atomic E-state index is 14.1. The number of para-hydroxylation sites is 1. The lowest BCUT2D eigenvalue weighted by atomic mass is 9.98. The van der Waals surface area contributed by atoms with E-state index in [9.17, 15) is 29.1 Å². The second-order valence-electron chi connectivity index (χ2n) is 12.5. The van der Waals surface area contributed by atoms with Crippen molar-refractivity contribution < 1.29 is 38.6 Å². The minimum atomic E-state index is -1.50. The topological polar surface area (TPSA) is 177 Å². The molecule has 2 aromatic carbocycles. The highest BCUT2D eigenvalue weighted by molar-refractivity contribution is 5.95. The van der Waals surface area contributed by atoms with E-state index in [1.807, 2.05) is 6.07 Å². The second-order valence-corrected chi connectivity index (χ2v) is 12.5. The number of nitrogens with one attached hydrogen (secondary N) is 2. The van der Waals surface area contributed by atoms with E-state index in [1.165, 1.54) is 13.1 Å². The molecule has 0 aliphatic heterocycles. The van der Waals surface area contributed by atoms with Crippen molar-refractivity contribution in [1.29, 1.82) is 0 Å². The van der Waals surface area contributed by atoms with Crippen LogP contribution < -0.4 is 16.4 Å². The standard InChI is InChI=1S/C32H44N4O8/c1-19-13-12-16-21(26(19)38)25(36(8)28(40)22(18-24(33)37)35-30(42)44-32(5,6)7)27(39)34-23(29(41)43-31(2,3)4)17-20-14-10-9-11-15-20/h9-16,22-23,25,38H,17-18H2,1-8H3,(H2,33,37)(H,34,39)(H,35,42). The van der Waals surface area contributed by atoms with E-state index in [0.29, 0.717) is 5.56 Å². The number of hydrogen-bond donors (Lipinski definition) is 4. The lowest BCUT2D eigenvalue weighted by molar-refractivity contribution is -0.159. The predicted octanol–water partition coefficient (Wildman–Crippen LogP) is 3.04. The van der Waals surface area contributed by atoms with Crippen molar-refractivity contribution in [1.82, 2.24) is 15.5 Å². The lowest BCUT2D eigenvalue weighted by Crippen LogP contribution is -2.54. The molecule has 0 aromatic heterocycles. The largest absolute Gasteiger partial charge is 0.507 e. The number of benzene rings is 2. The number of amides is 4. The molecule has 0 aliphatic rings. The molecule has 0 fully saturated rings. The smallest absolute Gasteiger partial charge is 0.408 e. The van der Waals surface area contributed by atoms with Crippen molar-refractivity contribution in [2.24, 2.45) is 5.73 Å². The summed E-state index contributed by atoms with van der Waals surface area (Å²) in [6.45, 7) is 11.6. The Balaban J connectivity index is 2.53. The van der Waals surface area contributed by atoms with Crippen molar-refractivity contribution in [3.05, 3.63) is 65.2 Å². The fourth-order valence-electron chi connectivity index (χ4n) is 4.32. The average molecular weight is 613 g/mol. The van der Waals surface area contributed by atoms with E-state index in [-0.39, 0.29) is 17.7 Å². The van der Waals surface area contributed by atoms with Gasteiger partial charge in [0, 0.05) is 19.0 Å². The summed E-state index contributed by atoms with van der Waals surface area (Å²) >= 11 is 0. The van der Waals surface area contributed by atoms with Crippen molar-refractivity contribution >= 4 is 29.8 Å². The molecule has 0 saturated carbocycles. The van der Waals surface area contributed by atoms with E-state index in [1.54, 1.807) is 84.9 Å². The summed E-state index contributed by atoms with van der Waals surface area (Å²) in [7, 11) is 1.28. The highest BCUT2D eigenvalue weighted by atomic mass is 16.6. The molecule has 0 aliphatic carbocycles. The Bertz CT molecular complexity index is 1350. The summed E-state index contributed by atoms with van der Waals surface area (Å²) in [5, 5.41) is 16.0. The number of carbonyl (C=O) groups excluding carboxylic acids is 5. The minimum absolute atomic E-state index is 0.0519. The number of alkyl carbamates (subject to hydrolysis) is 1. The number of nitrogens with two attached hydrogens (primary N) is 1. The van der Waals surface area contributed by atoms with Gasteiger partial charge in [-0.25, -0.2) is 9.59 Å². The number of primary amides is 1. The van der Waals surface area contributed by atoms with Crippen LogP contribution in [0.2, 0.25) is 0 Å². The molecule has 0 heterocycles. The Kier molecular flexibility index (Phi) is 11.9. The molecule has 44 heavy (non-hydrogen) atoms. The van der Waals surface area contributed by atoms with Gasteiger partial charge in [-0.2, -0.15) is 0 Å². The van der Waals surface area contributed by atoms with Gasteiger partial charge in [0.05, 0.1) is 6.42 Å². The number of hydrogen-bond acceptors (Lipinski definition) is 8. The van der Waals surface area contributed by atoms with Gasteiger partial charge in [0.25, 0.3) is 0 Å². The molecule has 12 nitrogen and oxygen atoms in total. The third-order valence-electron chi connectivity index (χ3n) is 6.23. The average Bonchev–Trinajstić information content (AvgIpc) is 2.88. The normalized spacial score (nSPS) is 13.5. The highest BCUT2D eigenvalue weighted by Gasteiger charge is 2.38. The molecule has 3 atom stereocenters. The van der Waals surface area contributed by atoms with Crippen molar-refractivity contribution in [3.8, 4) is 5.75 Å². The third-order valence-corrected chi connectivity index (χ3v) is 6.23. The summed E-state index contributed by atoms with van der Waals surface area (Å²) < 4.78 is 10.8. The zero-order valence-electron chi connectivity index (χ0n) is 26.6. The number of aromatic hydroxyl groups is 1. The van der Waals surface area contributed by atoms with Crippen LogP contribution in [0.25, 0.3) is 0 Å². The Morgan fingerprint density at radius 3 is 2.00 bits per heavy atom. The molecule has 0 bridgehead atoms. The number of likely N-dealkylation sites (N-methyl/N-ethyl adjacent to an activating group) is 1. The molecule has 240 valence electrons. The Hall–Kier alpha value is -4.61. The zero-order chi connectivity index (χ0) is 33.4.